The Labute approximate surface area is 136 Å². The molecule has 0 aliphatic carbocycles. The fourth-order valence-electron chi connectivity index (χ4n) is 2.75. The Bertz CT molecular complexity index is 639. The van der Waals surface area contributed by atoms with Crippen LogP contribution in [0.25, 0.3) is 0 Å². The molecular weight excluding hydrogens is 290 g/mol. The number of amides is 1. The summed E-state index contributed by atoms with van der Waals surface area (Å²) in [7, 11) is 0. The van der Waals surface area contributed by atoms with Crippen molar-refractivity contribution in [1.82, 2.24) is 4.90 Å². The quantitative estimate of drug-likeness (QED) is 0.944. The van der Waals surface area contributed by atoms with Gasteiger partial charge in [0.05, 0.1) is 6.10 Å². The highest BCUT2D eigenvalue weighted by atomic mass is 16.5. The van der Waals surface area contributed by atoms with Crippen molar-refractivity contribution in [2.24, 2.45) is 0 Å². The highest BCUT2D eigenvalue weighted by Crippen LogP contribution is 2.16. The zero-order valence-electron chi connectivity index (χ0n) is 13.0. The van der Waals surface area contributed by atoms with Gasteiger partial charge in [-0.2, -0.15) is 0 Å². The van der Waals surface area contributed by atoms with Crippen LogP contribution in [0.2, 0.25) is 0 Å². The lowest BCUT2D eigenvalue weighted by Gasteiger charge is -2.30. The molecule has 1 heterocycles. The average molecular weight is 311 g/mol. The minimum atomic E-state index is -0.397. The Hall–Kier alpha value is -2.33. The van der Waals surface area contributed by atoms with E-state index in [-0.39, 0.29) is 5.91 Å². The largest absolute Gasteiger partial charge is 0.489 e. The molecule has 1 aliphatic rings. The summed E-state index contributed by atoms with van der Waals surface area (Å²) in [6, 6.07) is 17.1. The number of piperidine rings is 1. The number of β-amino-alcohol motifs (C(OH)–C–C–N with tert-alkyl or cyclic N) is 1. The van der Waals surface area contributed by atoms with Crippen molar-refractivity contribution in [2.45, 2.75) is 25.6 Å². The smallest absolute Gasteiger partial charge is 0.253 e. The number of ether oxygens (including phenoxy) is 1. The van der Waals surface area contributed by atoms with Gasteiger partial charge in [-0.15, -0.1) is 0 Å². The molecule has 0 saturated carbocycles. The fourth-order valence-corrected chi connectivity index (χ4v) is 2.75. The van der Waals surface area contributed by atoms with Gasteiger partial charge in [-0.3, -0.25) is 4.79 Å². The first kappa shape index (κ1) is 15.6. The van der Waals surface area contributed by atoms with E-state index in [1.165, 1.54) is 0 Å². The van der Waals surface area contributed by atoms with Crippen LogP contribution in [0.15, 0.2) is 54.6 Å². The van der Waals surface area contributed by atoms with E-state index in [4.69, 9.17) is 4.74 Å². The first-order valence-corrected chi connectivity index (χ1v) is 7.96. The van der Waals surface area contributed by atoms with E-state index in [0.717, 1.165) is 30.7 Å². The number of nitrogens with zero attached hydrogens (tertiary/aromatic N) is 1. The number of hydrogen-bond acceptors (Lipinski definition) is 3. The summed E-state index contributed by atoms with van der Waals surface area (Å²) in [5.41, 5.74) is 1.67. The summed E-state index contributed by atoms with van der Waals surface area (Å²) in [4.78, 5) is 14.1. The third-order valence-electron chi connectivity index (χ3n) is 4.03. The van der Waals surface area contributed by atoms with Gasteiger partial charge in [-0.1, -0.05) is 30.3 Å². The Morgan fingerprint density at radius 1 is 1.13 bits per heavy atom. The molecule has 0 spiro atoms. The SMILES string of the molecule is O=C(c1ccc(COc2ccccc2)cc1)N1CCCC(O)C1. The van der Waals surface area contributed by atoms with E-state index in [0.29, 0.717) is 18.7 Å². The zero-order chi connectivity index (χ0) is 16.1. The van der Waals surface area contributed by atoms with Gasteiger partial charge in [-0.05, 0) is 42.7 Å². The van der Waals surface area contributed by atoms with Gasteiger partial charge in [0.25, 0.3) is 5.91 Å². The van der Waals surface area contributed by atoms with Gasteiger partial charge in [0.1, 0.15) is 12.4 Å². The van der Waals surface area contributed by atoms with Gasteiger partial charge >= 0.3 is 0 Å². The van der Waals surface area contributed by atoms with Crippen molar-refractivity contribution in [3.8, 4) is 5.75 Å². The van der Waals surface area contributed by atoms with Crippen molar-refractivity contribution in [3.63, 3.8) is 0 Å². The van der Waals surface area contributed by atoms with Gasteiger partial charge in [0.15, 0.2) is 0 Å². The normalized spacial score (nSPS) is 17.8. The summed E-state index contributed by atoms with van der Waals surface area (Å²) in [6.45, 7) is 1.62. The number of rotatable bonds is 4. The molecule has 4 nitrogen and oxygen atoms in total. The maximum atomic E-state index is 12.4. The third-order valence-corrected chi connectivity index (χ3v) is 4.03. The Morgan fingerprint density at radius 2 is 1.87 bits per heavy atom. The summed E-state index contributed by atoms with van der Waals surface area (Å²) >= 11 is 0. The van der Waals surface area contributed by atoms with Crippen LogP contribution in [0.3, 0.4) is 0 Å². The Morgan fingerprint density at radius 3 is 2.57 bits per heavy atom. The molecule has 1 saturated heterocycles. The lowest BCUT2D eigenvalue weighted by atomic mass is 10.1. The Balaban J connectivity index is 1.59. The summed E-state index contributed by atoms with van der Waals surface area (Å²) in [5, 5.41) is 9.69. The second kappa shape index (κ2) is 7.29. The molecule has 23 heavy (non-hydrogen) atoms. The first-order valence-electron chi connectivity index (χ1n) is 7.96. The molecule has 1 N–H and O–H groups in total. The van der Waals surface area contributed by atoms with Gasteiger partial charge < -0.3 is 14.7 Å². The number of hydrogen-bond donors (Lipinski definition) is 1. The number of aliphatic hydroxyl groups is 1. The molecule has 2 aromatic carbocycles. The van der Waals surface area contributed by atoms with E-state index in [1.54, 1.807) is 4.90 Å². The topological polar surface area (TPSA) is 49.8 Å². The van der Waals surface area contributed by atoms with Crippen LogP contribution in [0, 0.1) is 0 Å². The van der Waals surface area contributed by atoms with Gasteiger partial charge in [-0.25, -0.2) is 0 Å². The number of benzene rings is 2. The summed E-state index contributed by atoms with van der Waals surface area (Å²) in [5.74, 6) is 0.814. The predicted octanol–water partition coefficient (Wildman–Crippen LogP) is 2.86. The monoisotopic (exact) mass is 311 g/mol. The number of carbonyl (C=O) groups is 1. The number of carbonyl (C=O) groups excluding carboxylic acids is 1. The van der Waals surface area contributed by atoms with E-state index >= 15 is 0 Å². The Kier molecular flexibility index (Phi) is 4.93. The minimum Gasteiger partial charge on any atom is -0.489 e. The zero-order valence-corrected chi connectivity index (χ0v) is 13.0. The van der Waals surface area contributed by atoms with Crippen molar-refractivity contribution < 1.29 is 14.6 Å². The molecule has 1 fully saturated rings. The van der Waals surface area contributed by atoms with Crippen LogP contribution in [0.4, 0.5) is 0 Å². The van der Waals surface area contributed by atoms with E-state index < -0.39 is 6.10 Å². The van der Waals surface area contributed by atoms with Crippen molar-refractivity contribution in [3.05, 3.63) is 65.7 Å². The molecule has 0 bridgehead atoms. The molecule has 2 aromatic rings. The lowest BCUT2D eigenvalue weighted by Crippen LogP contribution is -2.42. The minimum absolute atomic E-state index is 0.0146. The van der Waals surface area contributed by atoms with E-state index in [9.17, 15) is 9.90 Å². The van der Waals surface area contributed by atoms with Gasteiger partial charge in [0, 0.05) is 18.7 Å². The molecule has 0 radical (unpaired) electrons. The molecule has 1 amide bonds. The maximum Gasteiger partial charge on any atom is 0.253 e. The second-order valence-electron chi connectivity index (χ2n) is 5.85. The number of aliphatic hydroxyl groups excluding tert-OH is 1. The summed E-state index contributed by atoms with van der Waals surface area (Å²) < 4.78 is 5.69. The van der Waals surface area contributed by atoms with Gasteiger partial charge in [0.2, 0.25) is 0 Å². The average Bonchev–Trinajstić information content (AvgIpc) is 2.61. The van der Waals surface area contributed by atoms with E-state index in [1.807, 2.05) is 54.6 Å². The van der Waals surface area contributed by atoms with Crippen LogP contribution in [-0.4, -0.2) is 35.1 Å². The molecule has 1 aliphatic heterocycles. The molecule has 1 unspecified atom stereocenters. The van der Waals surface area contributed by atoms with Crippen LogP contribution >= 0.6 is 0 Å². The second-order valence-corrected chi connectivity index (χ2v) is 5.85. The number of likely N-dealkylation sites (tertiary alicyclic amines) is 1. The highest BCUT2D eigenvalue weighted by Gasteiger charge is 2.22. The van der Waals surface area contributed by atoms with Crippen LogP contribution in [0.1, 0.15) is 28.8 Å². The molecular formula is C19H21NO3. The first-order chi connectivity index (χ1) is 11.2. The molecule has 120 valence electrons. The molecule has 0 aromatic heterocycles. The van der Waals surface area contributed by atoms with Crippen LogP contribution in [0.5, 0.6) is 5.75 Å². The third kappa shape index (κ3) is 4.11. The highest BCUT2D eigenvalue weighted by molar-refractivity contribution is 5.94. The van der Waals surface area contributed by atoms with Crippen molar-refractivity contribution in [2.75, 3.05) is 13.1 Å². The summed E-state index contributed by atoms with van der Waals surface area (Å²) in [6.07, 6.45) is 1.24. The number of para-hydroxylation sites is 1. The van der Waals surface area contributed by atoms with Crippen LogP contribution < -0.4 is 4.74 Å². The molecule has 4 heteroatoms. The van der Waals surface area contributed by atoms with Crippen LogP contribution in [-0.2, 0) is 6.61 Å². The van der Waals surface area contributed by atoms with Crippen molar-refractivity contribution >= 4 is 5.91 Å². The molecule has 3 rings (SSSR count). The maximum absolute atomic E-state index is 12.4. The van der Waals surface area contributed by atoms with Crippen molar-refractivity contribution in [1.29, 1.82) is 0 Å². The predicted molar refractivity (Wildman–Crippen MR) is 88.4 cm³/mol. The molecule has 1 atom stereocenters. The standard InChI is InChI=1S/C19H21NO3/c21-17-5-4-12-20(13-17)19(22)16-10-8-15(9-11-16)14-23-18-6-2-1-3-7-18/h1-3,6-11,17,21H,4-5,12-14H2. The lowest BCUT2D eigenvalue weighted by molar-refractivity contribution is 0.0473. The fraction of sp³-hybridized carbons (Fsp3) is 0.316. The van der Waals surface area contributed by atoms with E-state index in [2.05, 4.69) is 0 Å².